The Kier molecular flexibility index (Phi) is 4.74. The summed E-state index contributed by atoms with van der Waals surface area (Å²) in [6.45, 7) is 3.27. The number of hydrogen-bond donors (Lipinski definition) is 3. The summed E-state index contributed by atoms with van der Waals surface area (Å²) < 4.78 is 30.4. The quantitative estimate of drug-likeness (QED) is 0.612. The number of carbonyl (C=O) groups excluding carboxylic acids is 1. The van der Waals surface area contributed by atoms with Gasteiger partial charge in [-0.1, -0.05) is 26.3 Å². The van der Waals surface area contributed by atoms with Crippen LogP contribution in [-0.4, -0.2) is 41.1 Å². The smallest absolute Gasteiger partial charge is 0.336 e. The van der Waals surface area contributed by atoms with Crippen molar-refractivity contribution in [1.29, 1.82) is 0 Å². The van der Waals surface area contributed by atoms with Gasteiger partial charge in [-0.05, 0) is 46.5 Å². The molecule has 1 aliphatic carbocycles. The lowest BCUT2D eigenvalue weighted by molar-refractivity contribution is -0.112. The molecule has 0 aromatic heterocycles. The first-order chi connectivity index (χ1) is 15.0. The van der Waals surface area contributed by atoms with Crippen molar-refractivity contribution in [3.63, 3.8) is 0 Å². The lowest BCUT2D eigenvalue weighted by Crippen LogP contribution is -2.51. The number of ketones is 1. The van der Waals surface area contributed by atoms with Crippen LogP contribution in [0.4, 0.5) is 8.78 Å². The summed E-state index contributed by atoms with van der Waals surface area (Å²) in [6, 6.07) is 5.97. The molecule has 4 rings (SSSR count). The van der Waals surface area contributed by atoms with Gasteiger partial charge in [0.25, 0.3) is 0 Å². The zero-order chi connectivity index (χ0) is 23.5. The van der Waals surface area contributed by atoms with E-state index in [2.05, 4.69) is 0 Å². The molecular formula is C23H16F2O6Si-. The Morgan fingerprint density at radius 1 is 0.938 bits per heavy atom. The first kappa shape index (κ1) is 21.4. The molecule has 0 bridgehead atoms. The minimum absolute atomic E-state index is 0.00403. The third-order valence-electron chi connectivity index (χ3n) is 5.78. The topological polar surface area (TPSA) is 112 Å². The van der Waals surface area contributed by atoms with Gasteiger partial charge in [0, 0.05) is 0 Å². The van der Waals surface area contributed by atoms with Crippen molar-refractivity contribution >= 4 is 36.6 Å². The van der Waals surface area contributed by atoms with Crippen LogP contribution in [0.15, 0.2) is 59.1 Å². The van der Waals surface area contributed by atoms with E-state index in [9.17, 15) is 29.7 Å². The number of aromatic carboxylic acids is 2. The molecule has 6 nitrogen and oxygen atoms in total. The molecule has 1 aliphatic heterocycles. The highest BCUT2D eigenvalue weighted by molar-refractivity contribution is 6.98. The fourth-order valence-corrected chi connectivity index (χ4v) is 7.76. The molecule has 0 unspecified atom stereocenters. The molecule has 1 heterocycles. The largest absolute Gasteiger partial charge is 0.505 e. The first-order valence-corrected chi connectivity index (χ1v) is 12.5. The Labute approximate surface area is 181 Å². The van der Waals surface area contributed by atoms with Crippen LogP contribution in [0.2, 0.25) is 13.1 Å². The van der Waals surface area contributed by atoms with Gasteiger partial charge in [0.2, 0.25) is 5.78 Å². The molecule has 0 saturated heterocycles. The van der Waals surface area contributed by atoms with Gasteiger partial charge in [0.15, 0.2) is 0 Å². The number of phenolic OH excluding ortho intramolecular Hbond substituents is 1. The van der Waals surface area contributed by atoms with E-state index in [0.29, 0.717) is 0 Å². The molecule has 2 aliphatic rings. The van der Waals surface area contributed by atoms with Crippen LogP contribution < -0.4 is 5.19 Å². The van der Waals surface area contributed by atoms with Crippen molar-refractivity contribution < 1.29 is 38.5 Å². The van der Waals surface area contributed by atoms with E-state index in [1.54, 1.807) is 13.1 Å². The van der Waals surface area contributed by atoms with E-state index in [-0.39, 0.29) is 43.8 Å². The highest BCUT2D eigenvalue weighted by Gasteiger charge is 2.37. The van der Waals surface area contributed by atoms with Crippen molar-refractivity contribution in [3.8, 4) is 5.75 Å². The first-order valence-electron chi connectivity index (χ1n) is 9.47. The van der Waals surface area contributed by atoms with Crippen LogP contribution in [0, 0.1) is 5.82 Å². The maximum atomic E-state index is 15.2. The molecular weight excluding hydrogens is 438 g/mol. The molecule has 0 spiro atoms. The van der Waals surface area contributed by atoms with E-state index >= 15 is 8.78 Å². The Morgan fingerprint density at radius 2 is 1.59 bits per heavy atom. The summed E-state index contributed by atoms with van der Waals surface area (Å²) in [5.41, 5.74) is 0.0376. The lowest BCUT2D eigenvalue weighted by Gasteiger charge is -2.47. The Hall–Kier alpha value is -3.85. The number of carbonyl (C=O) groups is 3. The SMILES string of the molecule is C[Si-]1(C)C2=C(F)C(=O)C=CC2=C(c2ccc(C(=O)O)cc2C(=O)O)c2ccc(O)c(F)c21. The zero-order valence-corrected chi connectivity index (χ0v) is 17.9. The number of benzene rings is 2. The van der Waals surface area contributed by atoms with Crippen molar-refractivity contribution in [2.45, 2.75) is 13.1 Å². The summed E-state index contributed by atoms with van der Waals surface area (Å²) in [4.78, 5) is 35.5. The van der Waals surface area contributed by atoms with Crippen molar-refractivity contribution in [3.05, 3.63) is 87.2 Å². The molecule has 3 N–H and O–H groups in total. The lowest BCUT2D eigenvalue weighted by atomic mass is 9.86. The number of carboxylic acids is 2. The highest BCUT2D eigenvalue weighted by atomic mass is 28.3. The van der Waals surface area contributed by atoms with E-state index in [1.165, 1.54) is 24.3 Å². The standard InChI is InChI=1S/C23H16F2O6Si/c1-32(2)20-12(5-7-15(26)18(20)24)17(13-6-8-16(27)19(25)21(13)32)11-4-3-10(22(28)29)9-14(11)23(30)31/h3-9,26H,1-2H3,(H,28,29)(H,30,31)/q-1. The molecule has 2 aromatic rings. The number of rotatable bonds is 3. The Bertz CT molecular complexity index is 1350. The normalized spacial score (nSPS) is 16.7. The fourth-order valence-electron chi connectivity index (χ4n) is 4.39. The average molecular weight is 454 g/mol. The van der Waals surface area contributed by atoms with Gasteiger partial charge in [-0.25, -0.2) is 18.4 Å². The van der Waals surface area contributed by atoms with Crippen LogP contribution in [0.1, 0.15) is 31.8 Å². The van der Waals surface area contributed by atoms with Gasteiger partial charge in [0.05, 0.1) is 11.1 Å². The fraction of sp³-hybridized carbons (Fsp3) is 0.0870. The summed E-state index contributed by atoms with van der Waals surface area (Å²) in [6.07, 6.45) is 2.39. The monoisotopic (exact) mass is 454 g/mol. The van der Waals surface area contributed by atoms with Crippen molar-refractivity contribution in [2.24, 2.45) is 0 Å². The number of halogens is 2. The van der Waals surface area contributed by atoms with Crippen molar-refractivity contribution in [2.75, 3.05) is 0 Å². The third-order valence-corrected chi connectivity index (χ3v) is 9.26. The molecule has 0 radical (unpaired) electrons. The summed E-state index contributed by atoms with van der Waals surface area (Å²) in [5.74, 6) is -6.31. The molecule has 0 atom stereocenters. The number of carboxylic acid groups (broad SMARTS) is 2. The Morgan fingerprint density at radius 3 is 2.22 bits per heavy atom. The van der Waals surface area contributed by atoms with Gasteiger partial charge < -0.3 is 15.3 Å². The van der Waals surface area contributed by atoms with E-state index in [0.717, 1.165) is 18.2 Å². The van der Waals surface area contributed by atoms with Crippen LogP contribution >= 0.6 is 0 Å². The number of allylic oxidation sites excluding steroid dienone is 5. The van der Waals surface area contributed by atoms with Gasteiger partial charge in [-0.15, -0.1) is 10.4 Å². The predicted molar refractivity (Wildman–Crippen MR) is 114 cm³/mol. The predicted octanol–water partition coefficient (Wildman–Crippen LogP) is 3.56. The second-order valence-electron chi connectivity index (χ2n) is 7.99. The minimum atomic E-state index is -3.20. The third kappa shape index (κ3) is 2.93. The second-order valence-corrected chi connectivity index (χ2v) is 12.2. The number of phenols is 1. The molecule has 0 amide bonds. The van der Waals surface area contributed by atoms with E-state index < -0.39 is 43.2 Å². The molecule has 0 fully saturated rings. The Balaban J connectivity index is 2.20. The number of hydrogen-bond acceptors (Lipinski definition) is 4. The minimum Gasteiger partial charge on any atom is -0.505 e. The molecule has 2 aromatic carbocycles. The summed E-state index contributed by atoms with van der Waals surface area (Å²) >= 11 is 0. The van der Waals surface area contributed by atoms with Gasteiger partial charge >= 0.3 is 11.9 Å². The van der Waals surface area contributed by atoms with E-state index in [4.69, 9.17) is 0 Å². The maximum Gasteiger partial charge on any atom is 0.336 e. The highest BCUT2D eigenvalue weighted by Crippen LogP contribution is 2.45. The van der Waals surface area contributed by atoms with Gasteiger partial charge in [-0.3, -0.25) is 4.79 Å². The summed E-state index contributed by atoms with van der Waals surface area (Å²) in [7, 11) is -3.20. The number of fused-ring (bicyclic) bond motifs is 2. The van der Waals surface area contributed by atoms with E-state index in [1.807, 2.05) is 0 Å². The molecule has 9 heteroatoms. The van der Waals surface area contributed by atoms with Crippen molar-refractivity contribution in [1.82, 2.24) is 0 Å². The summed E-state index contributed by atoms with van der Waals surface area (Å²) in [5, 5.41) is 29.0. The van der Waals surface area contributed by atoms with Gasteiger partial charge in [0.1, 0.15) is 17.4 Å². The number of aromatic hydroxyl groups is 1. The van der Waals surface area contributed by atoms with Crippen LogP contribution in [-0.2, 0) is 4.79 Å². The van der Waals surface area contributed by atoms with Crippen LogP contribution in [0.3, 0.4) is 0 Å². The maximum absolute atomic E-state index is 15.2. The second kappa shape index (κ2) is 7.09. The molecule has 163 valence electrons. The zero-order valence-electron chi connectivity index (χ0n) is 16.9. The molecule has 0 saturated carbocycles. The molecule has 32 heavy (non-hydrogen) atoms. The van der Waals surface area contributed by atoms with Crippen LogP contribution in [0.5, 0.6) is 5.75 Å². The van der Waals surface area contributed by atoms with Crippen LogP contribution in [0.25, 0.3) is 5.57 Å². The van der Waals surface area contributed by atoms with Gasteiger partial charge in [-0.2, -0.15) is 13.1 Å². The average Bonchev–Trinajstić information content (AvgIpc) is 2.72.